The van der Waals surface area contributed by atoms with Crippen LogP contribution in [0.3, 0.4) is 0 Å². The average Bonchev–Trinajstić information content (AvgIpc) is 3.77. The van der Waals surface area contributed by atoms with Crippen LogP contribution >= 0.6 is 0 Å². The Labute approximate surface area is 344 Å². The molecule has 0 radical (unpaired) electrons. The molecular weight excluding hydrogens is 703 g/mol. The van der Waals surface area contributed by atoms with Gasteiger partial charge in [-0.15, -0.1) is 0 Å². The number of hydrogen-bond donors (Lipinski definition) is 0. The molecule has 0 spiro atoms. The lowest BCUT2D eigenvalue weighted by molar-refractivity contribution is 0.602. The number of nitrogens with zero attached hydrogens (tertiary/aromatic N) is 3. The molecule has 58 heavy (non-hydrogen) atoms. The Bertz CT molecular complexity index is 2590. The van der Waals surface area contributed by atoms with E-state index >= 15 is 0 Å². The first-order valence-corrected chi connectivity index (χ1v) is 21.8. The van der Waals surface area contributed by atoms with Crippen molar-refractivity contribution in [1.29, 1.82) is 0 Å². The van der Waals surface area contributed by atoms with Gasteiger partial charge in [0.1, 0.15) is 0 Å². The molecular formula is C55H55N3. The Kier molecular flexibility index (Phi) is 11.1. The summed E-state index contributed by atoms with van der Waals surface area (Å²) in [5, 5.41) is 5.36. The maximum Gasteiger partial charge on any atom is 0.0491 e. The van der Waals surface area contributed by atoms with E-state index in [9.17, 15) is 0 Å². The highest BCUT2D eigenvalue weighted by atomic mass is 15.1. The van der Waals surface area contributed by atoms with Crippen molar-refractivity contribution in [1.82, 2.24) is 9.13 Å². The summed E-state index contributed by atoms with van der Waals surface area (Å²) in [6.07, 6.45) is 10.0. The minimum absolute atomic E-state index is 0.0445. The first-order chi connectivity index (χ1) is 28.7. The van der Waals surface area contributed by atoms with Gasteiger partial charge in [0.15, 0.2) is 0 Å². The highest BCUT2D eigenvalue weighted by molar-refractivity contribution is 6.09. The number of hydrogen-bond acceptors (Lipinski definition) is 1. The van der Waals surface area contributed by atoms with Crippen molar-refractivity contribution in [3.05, 3.63) is 187 Å². The van der Waals surface area contributed by atoms with Gasteiger partial charge in [-0.3, -0.25) is 0 Å². The van der Waals surface area contributed by atoms with Gasteiger partial charge >= 0.3 is 0 Å². The third-order valence-electron chi connectivity index (χ3n) is 12.2. The number of unbranched alkanes of at least 4 members (excludes halogenated alkanes) is 6. The number of aromatic nitrogens is 2. The number of para-hydroxylation sites is 4. The van der Waals surface area contributed by atoms with Gasteiger partial charge in [-0.1, -0.05) is 149 Å². The zero-order valence-electron chi connectivity index (χ0n) is 34.2. The summed E-state index contributed by atoms with van der Waals surface area (Å²) in [5.41, 5.74) is 12.7. The number of fused-ring (bicyclic) bond motifs is 6. The summed E-state index contributed by atoms with van der Waals surface area (Å²) >= 11 is 0. The molecule has 0 bridgehead atoms. The monoisotopic (exact) mass is 757 g/mol. The summed E-state index contributed by atoms with van der Waals surface area (Å²) in [6, 6.07) is 63.4. The van der Waals surface area contributed by atoms with E-state index in [1.54, 1.807) is 0 Å². The van der Waals surface area contributed by atoms with Crippen molar-refractivity contribution in [3.8, 4) is 0 Å². The molecule has 7 aromatic carbocycles. The predicted molar refractivity (Wildman–Crippen MR) is 249 cm³/mol. The third-order valence-corrected chi connectivity index (χ3v) is 12.2. The van der Waals surface area contributed by atoms with Crippen molar-refractivity contribution in [3.63, 3.8) is 0 Å². The molecule has 0 atom stereocenters. The van der Waals surface area contributed by atoms with Gasteiger partial charge in [0.05, 0.1) is 0 Å². The van der Waals surface area contributed by atoms with E-state index in [-0.39, 0.29) is 5.92 Å². The van der Waals surface area contributed by atoms with E-state index in [0.717, 1.165) is 30.2 Å². The smallest absolute Gasteiger partial charge is 0.0491 e. The molecule has 9 aromatic rings. The zero-order chi connectivity index (χ0) is 39.3. The molecule has 290 valence electrons. The minimum Gasteiger partial charge on any atom is -0.340 e. The predicted octanol–water partition coefficient (Wildman–Crippen LogP) is 15.7. The van der Waals surface area contributed by atoms with Crippen LogP contribution in [0.15, 0.2) is 170 Å². The molecule has 0 aliphatic carbocycles. The fourth-order valence-corrected chi connectivity index (χ4v) is 9.37. The second-order valence-corrected chi connectivity index (χ2v) is 16.0. The summed E-state index contributed by atoms with van der Waals surface area (Å²) in [4.78, 5) is 2.35. The normalized spacial score (nSPS) is 11.8. The Morgan fingerprint density at radius 3 is 1.22 bits per heavy atom. The summed E-state index contributed by atoms with van der Waals surface area (Å²) in [5.74, 6) is 0.0445. The second-order valence-electron chi connectivity index (χ2n) is 16.0. The van der Waals surface area contributed by atoms with Crippen LogP contribution in [0.2, 0.25) is 0 Å². The van der Waals surface area contributed by atoms with Crippen LogP contribution in [0, 0.1) is 0 Å². The molecule has 0 aliphatic heterocycles. The van der Waals surface area contributed by atoms with Crippen LogP contribution in [-0.2, 0) is 13.1 Å². The second kappa shape index (κ2) is 17.2. The molecule has 0 fully saturated rings. The highest BCUT2D eigenvalue weighted by Crippen LogP contribution is 2.41. The van der Waals surface area contributed by atoms with Gasteiger partial charge in [-0.05, 0) is 102 Å². The van der Waals surface area contributed by atoms with Crippen molar-refractivity contribution in [2.75, 3.05) is 4.90 Å². The lowest BCUT2D eigenvalue weighted by Crippen LogP contribution is -2.10. The molecule has 0 saturated heterocycles. The van der Waals surface area contributed by atoms with Crippen LogP contribution in [0.25, 0.3) is 43.6 Å². The number of benzene rings is 7. The number of anilines is 3. The Morgan fingerprint density at radius 1 is 0.362 bits per heavy atom. The quantitative estimate of drug-likeness (QED) is 0.0707. The van der Waals surface area contributed by atoms with E-state index in [4.69, 9.17) is 0 Å². The van der Waals surface area contributed by atoms with Crippen LogP contribution in [0.4, 0.5) is 17.1 Å². The molecule has 3 heteroatoms. The maximum absolute atomic E-state index is 2.57. The number of rotatable bonds is 16. The third kappa shape index (κ3) is 7.31. The van der Waals surface area contributed by atoms with Crippen LogP contribution in [0.5, 0.6) is 0 Å². The first kappa shape index (κ1) is 37.5. The Hall–Kier alpha value is -6.06. The van der Waals surface area contributed by atoms with Crippen molar-refractivity contribution >= 4 is 60.7 Å². The average molecular weight is 758 g/mol. The Balaban J connectivity index is 1.19. The topological polar surface area (TPSA) is 13.1 Å². The summed E-state index contributed by atoms with van der Waals surface area (Å²) in [7, 11) is 0. The maximum atomic E-state index is 2.57. The van der Waals surface area contributed by atoms with Gasteiger partial charge in [0, 0.05) is 79.7 Å². The standard InChI is InChI=1S/C55H55N3/c1-3-5-7-19-37-56-51-27-17-15-25-47(51)49-39-42(31-35-53(49)56)55(41-29-33-46(34-30-41)58(44-21-11-9-12-22-44)45-23-13-10-14-24-45)43-32-36-54-50(40-43)48-26-16-18-28-52(48)57(54)38-20-8-6-4-2/h9-18,21-36,39-40,55H,3-8,19-20,37-38H2,1-2H3. The van der Waals surface area contributed by atoms with Gasteiger partial charge in [0.25, 0.3) is 0 Å². The van der Waals surface area contributed by atoms with E-state index in [2.05, 4.69) is 198 Å². The van der Waals surface area contributed by atoms with Crippen LogP contribution in [0.1, 0.15) is 87.8 Å². The molecule has 0 unspecified atom stereocenters. The molecule has 2 heterocycles. The number of aryl methyl sites for hydroxylation is 2. The summed E-state index contributed by atoms with van der Waals surface area (Å²) in [6.45, 7) is 6.68. The fraction of sp³-hybridized carbons (Fsp3) is 0.236. The Morgan fingerprint density at radius 2 is 0.759 bits per heavy atom. The molecule has 9 rings (SSSR count). The van der Waals surface area contributed by atoms with Gasteiger partial charge in [-0.2, -0.15) is 0 Å². The lowest BCUT2D eigenvalue weighted by atomic mass is 9.84. The SMILES string of the molecule is CCCCCCn1c2ccccc2c2cc(C(c3ccc(N(c4ccccc4)c4ccccc4)cc3)c3ccc4c(c3)c3ccccc3n4CCCCCC)ccc21. The van der Waals surface area contributed by atoms with Crippen molar-refractivity contribution in [2.45, 2.75) is 84.2 Å². The molecule has 0 N–H and O–H groups in total. The molecule has 2 aromatic heterocycles. The molecule has 0 saturated carbocycles. The fourth-order valence-electron chi connectivity index (χ4n) is 9.37. The van der Waals surface area contributed by atoms with Crippen molar-refractivity contribution < 1.29 is 0 Å². The summed E-state index contributed by atoms with van der Waals surface area (Å²) < 4.78 is 5.13. The van der Waals surface area contributed by atoms with Gasteiger partial charge < -0.3 is 14.0 Å². The van der Waals surface area contributed by atoms with E-state index in [1.807, 2.05) is 0 Å². The highest BCUT2D eigenvalue weighted by Gasteiger charge is 2.22. The van der Waals surface area contributed by atoms with E-state index in [1.165, 1.54) is 112 Å². The zero-order valence-corrected chi connectivity index (χ0v) is 34.2. The van der Waals surface area contributed by atoms with Gasteiger partial charge in [0.2, 0.25) is 0 Å². The van der Waals surface area contributed by atoms with Crippen LogP contribution < -0.4 is 4.90 Å². The minimum atomic E-state index is 0.0445. The lowest BCUT2D eigenvalue weighted by Gasteiger charge is -2.26. The van der Waals surface area contributed by atoms with Crippen LogP contribution in [-0.4, -0.2) is 9.13 Å². The molecule has 0 aliphatic rings. The molecule has 3 nitrogen and oxygen atoms in total. The van der Waals surface area contributed by atoms with E-state index < -0.39 is 0 Å². The largest absolute Gasteiger partial charge is 0.340 e. The van der Waals surface area contributed by atoms with E-state index in [0.29, 0.717) is 0 Å². The van der Waals surface area contributed by atoms with Crippen molar-refractivity contribution in [2.24, 2.45) is 0 Å². The van der Waals surface area contributed by atoms with Gasteiger partial charge in [-0.25, -0.2) is 0 Å². The first-order valence-electron chi connectivity index (χ1n) is 21.8. The molecule has 0 amide bonds.